The zero-order chi connectivity index (χ0) is 23.8. The molecule has 0 saturated carbocycles. The van der Waals surface area contributed by atoms with Gasteiger partial charge in [0.1, 0.15) is 24.6 Å². The highest BCUT2D eigenvalue weighted by Crippen LogP contribution is 2.40. The number of nitrogens with zero attached hydrogens (tertiary/aromatic N) is 2. The maximum Gasteiger partial charge on any atom is 0.266 e. The topological polar surface area (TPSA) is 66.9 Å². The molecule has 9 heteroatoms. The molecule has 0 aliphatic heterocycles. The van der Waals surface area contributed by atoms with Gasteiger partial charge < -0.3 is 15.2 Å². The third kappa shape index (κ3) is 5.07. The van der Waals surface area contributed by atoms with Crippen molar-refractivity contribution in [2.24, 2.45) is 0 Å². The highest BCUT2D eigenvalue weighted by atomic mass is 31.2. The first kappa shape index (κ1) is 24.1. The number of benzene rings is 2. The lowest BCUT2D eigenvalue weighted by molar-refractivity contribution is 0.146. The summed E-state index contributed by atoms with van der Waals surface area (Å²) in [5.74, 6) is -0.0191. The second-order valence-electron chi connectivity index (χ2n) is 8.57. The first-order valence-electron chi connectivity index (χ1n) is 10.4. The molecular formula is C23H28F3N4OP. The Labute approximate surface area is 186 Å². The Morgan fingerprint density at radius 3 is 2.25 bits per heavy atom. The molecule has 0 fully saturated rings. The van der Waals surface area contributed by atoms with E-state index in [4.69, 9.17) is 0 Å². The minimum absolute atomic E-state index is 0.113. The molecule has 0 aliphatic rings. The van der Waals surface area contributed by atoms with Crippen molar-refractivity contribution in [3.8, 4) is 0 Å². The van der Waals surface area contributed by atoms with Crippen LogP contribution in [0.5, 0.6) is 0 Å². The first-order valence-corrected chi connectivity index (χ1v) is 13.0. The highest BCUT2D eigenvalue weighted by molar-refractivity contribution is 7.70. The molecular weight excluding hydrogens is 436 g/mol. The third-order valence-corrected chi connectivity index (χ3v) is 6.59. The van der Waals surface area contributed by atoms with E-state index < -0.39 is 31.0 Å². The minimum Gasteiger partial charge on any atom is -0.382 e. The van der Waals surface area contributed by atoms with Crippen LogP contribution < -0.4 is 15.9 Å². The van der Waals surface area contributed by atoms with Gasteiger partial charge in [0.2, 0.25) is 0 Å². The fraction of sp³-hybridized carbons (Fsp3) is 0.391. The van der Waals surface area contributed by atoms with Crippen LogP contribution in [0.2, 0.25) is 0 Å². The molecule has 1 heterocycles. The Morgan fingerprint density at radius 1 is 1.00 bits per heavy atom. The van der Waals surface area contributed by atoms with E-state index in [0.717, 1.165) is 11.8 Å². The third-order valence-electron chi connectivity index (χ3n) is 5.06. The molecule has 172 valence electrons. The summed E-state index contributed by atoms with van der Waals surface area (Å²) in [7, 11) is -2.65. The molecule has 0 amide bonds. The molecule has 0 aliphatic carbocycles. The summed E-state index contributed by atoms with van der Waals surface area (Å²) in [6.07, 6.45) is -2.90. The van der Waals surface area contributed by atoms with E-state index in [-0.39, 0.29) is 11.6 Å². The number of alkyl halides is 2. The van der Waals surface area contributed by atoms with E-state index in [1.165, 1.54) is 12.1 Å². The second kappa shape index (κ2) is 9.10. The van der Waals surface area contributed by atoms with Gasteiger partial charge in [-0.25, -0.2) is 23.1 Å². The summed E-state index contributed by atoms with van der Waals surface area (Å²) >= 11 is 0. The van der Waals surface area contributed by atoms with Crippen molar-refractivity contribution in [2.75, 3.05) is 24.0 Å². The molecule has 5 nitrogen and oxygen atoms in total. The van der Waals surface area contributed by atoms with Gasteiger partial charge in [0.15, 0.2) is 0 Å². The summed E-state index contributed by atoms with van der Waals surface area (Å²) in [6.45, 7) is 10.8. The van der Waals surface area contributed by atoms with Gasteiger partial charge in [-0.2, -0.15) is 0 Å². The predicted molar refractivity (Wildman–Crippen MR) is 126 cm³/mol. The molecule has 0 unspecified atom stereocenters. The highest BCUT2D eigenvalue weighted by Gasteiger charge is 2.23. The lowest BCUT2D eigenvalue weighted by Crippen LogP contribution is -2.19. The van der Waals surface area contributed by atoms with Gasteiger partial charge in [0, 0.05) is 28.0 Å². The van der Waals surface area contributed by atoms with E-state index in [1.807, 2.05) is 19.9 Å². The van der Waals surface area contributed by atoms with Gasteiger partial charge in [-0.15, -0.1) is 0 Å². The van der Waals surface area contributed by atoms with Gasteiger partial charge in [-0.3, -0.25) is 0 Å². The van der Waals surface area contributed by atoms with Crippen LogP contribution in [0.1, 0.15) is 50.2 Å². The van der Waals surface area contributed by atoms with Crippen LogP contribution in [0.25, 0.3) is 10.9 Å². The molecule has 1 atom stereocenters. The SMILES string of the molecule is Cc1nc(N[C@H](C)c2cccc(C(F)F)c2F)c2cc(P(C)(C)=O)c(NC(C)C)cc2n1. The van der Waals surface area contributed by atoms with Crippen LogP contribution in [0.15, 0.2) is 30.3 Å². The second-order valence-corrected chi connectivity index (χ2v) is 11.8. The molecule has 0 saturated heterocycles. The zero-order valence-electron chi connectivity index (χ0n) is 19.0. The number of hydrogen-bond acceptors (Lipinski definition) is 5. The molecule has 0 spiro atoms. The lowest BCUT2D eigenvalue weighted by Gasteiger charge is -2.21. The van der Waals surface area contributed by atoms with E-state index in [2.05, 4.69) is 20.6 Å². The fourth-order valence-corrected chi connectivity index (χ4v) is 4.77. The number of aromatic nitrogens is 2. The van der Waals surface area contributed by atoms with E-state index >= 15 is 0 Å². The number of halogens is 3. The van der Waals surface area contributed by atoms with Gasteiger partial charge in [0.05, 0.1) is 17.1 Å². The average molecular weight is 464 g/mol. The maximum absolute atomic E-state index is 14.7. The quantitative estimate of drug-likeness (QED) is 0.404. The largest absolute Gasteiger partial charge is 0.382 e. The van der Waals surface area contributed by atoms with Crippen molar-refractivity contribution in [3.05, 3.63) is 53.1 Å². The smallest absolute Gasteiger partial charge is 0.266 e. The molecule has 0 bridgehead atoms. The Bertz CT molecular complexity index is 1190. The summed E-state index contributed by atoms with van der Waals surface area (Å²) in [5, 5.41) is 7.76. The number of nitrogens with one attached hydrogen (secondary N) is 2. The van der Waals surface area contributed by atoms with E-state index in [0.29, 0.717) is 27.8 Å². The van der Waals surface area contributed by atoms with Crippen molar-refractivity contribution in [2.45, 2.75) is 46.2 Å². The van der Waals surface area contributed by atoms with Gasteiger partial charge in [-0.1, -0.05) is 18.2 Å². The first-order chi connectivity index (χ1) is 14.9. The lowest BCUT2D eigenvalue weighted by atomic mass is 10.0. The van der Waals surface area contributed by atoms with E-state index in [1.54, 1.807) is 33.2 Å². The van der Waals surface area contributed by atoms with Crippen molar-refractivity contribution in [1.29, 1.82) is 0 Å². The van der Waals surface area contributed by atoms with Crippen LogP contribution in [-0.4, -0.2) is 29.3 Å². The van der Waals surface area contributed by atoms with Gasteiger partial charge >= 0.3 is 0 Å². The standard InChI is InChI=1S/C23H28F3N4OP/c1-12(2)27-19-11-18-17(10-20(19)32(5,6)31)23(30-14(4)29-18)28-13(3)15-8-7-9-16(21(15)24)22(25)26/h7-13,22,27H,1-6H3,(H,28,29,30)/t13-/m1/s1. The summed E-state index contributed by atoms with van der Waals surface area (Å²) in [4.78, 5) is 8.97. The van der Waals surface area contributed by atoms with Crippen molar-refractivity contribution < 1.29 is 17.7 Å². The fourth-order valence-electron chi connectivity index (χ4n) is 3.62. The number of fused-ring (bicyclic) bond motifs is 1. The van der Waals surface area contributed by atoms with Crippen molar-refractivity contribution in [3.63, 3.8) is 0 Å². The van der Waals surface area contributed by atoms with Gasteiger partial charge in [0.25, 0.3) is 6.43 Å². The molecule has 2 aromatic carbocycles. The molecule has 3 rings (SSSR count). The molecule has 0 radical (unpaired) electrons. The Kier molecular flexibility index (Phi) is 6.84. The minimum atomic E-state index is -2.90. The predicted octanol–water partition coefficient (Wildman–Crippen LogP) is 6.26. The van der Waals surface area contributed by atoms with Crippen molar-refractivity contribution in [1.82, 2.24) is 9.97 Å². The molecule has 3 aromatic rings. The summed E-state index contributed by atoms with van der Waals surface area (Å²) in [6, 6.07) is 7.08. The van der Waals surface area contributed by atoms with Crippen LogP contribution in [0, 0.1) is 12.7 Å². The number of aryl methyl sites for hydroxylation is 1. The Morgan fingerprint density at radius 2 is 1.66 bits per heavy atom. The molecule has 1 aromatic heterocycles. The van der Waals surface area contributed by atoms with Crippen LogP contribution >= 0.6 is 7.14 Å². The number of rotatable bonds is 7. The van der Waals surface area contributed by atoms with E-state index in [9.17, 15) is 17.7 Å². The number of hydrogen-bond donors (Lipinski definition) is 2. The van der Waals surface area contributed by atoms with Gasteiger partial charge in [-0.05, 0) is 53.2 Å². The number of anilines is 2. The normalized spacial score (nSPS) is 13.1. The monoisotopic (exact) mass is 464 g/mol. The van der Waals surface area contributed by atoms with Crippen molar-refractivity contribution >= 4 is 34.9 Å². The zero-order valence-corrected chi connectivity index (χ0v) is 19.9. The van der Waals surface area contributed by atoms with Crippen LogP contribution in [-0.2, 0) is 4.57 Å². The molecule has 32 heavy (non-hydrogen) atoms. The summed E-state index contributed by atoms with van der Waals surface area (Å²) in [5.41, 5.74) is 0.856. The van der Waals surface area contributed by atoms with Crippen LogP contribution in [0.3, 0.4) is 0 Å². The van der Waals surface area contributed by atoms with Crippen LogP contribution in [0.4, 0.5) is 24.7 Å². The average Bonchev–Trinajstić information content (AvgIpc) is 2.65. The summed E-state index contributed by atoms with van der Waals surface area (Å²) < 4.78 is 53.9. The maximum atomic E-state index is 14.7. The Balaban J connectivity index is 2.13. The Hall–Kier alpha value is -2.60. The molecule has 2 N–H and O–H groups in total.